The van der Waals surface area contributed by atoms with Gasteiger partial charge >= 0.3 is 11.4 Å². The Balaban J connectivity index is 1.61. The first kappa shape index (κ1) is 22.7. The van der Waals surface area contributed by atoms with Crippen molar-refractivity contribution in [1.29, 1.82) is 0 Å². The first-order valence-corrected chi connectivity index (χ1v) is 12.5. The average molecular weight is 593 g/mol. The largest absolute Gasteiger partial charge is 0.507 e. The second-order valence-corrected chi connectivity index (χ2v) is 10.3. The van der Waals surface area contributed by atoms with Gasteiger partial charge in [0, 0.05) is 35.1 Å². The van der Waals surface area contributed by atoms with Gasteiger partial charge in [0.05, 0.1) is 21.9 Å². The van der Waals surface area contributed by atoms with E-state index in [1.807, 2.05) is 28.7 Å². The summed E-state index contributed by atoms with van der Waals surface area (Å²) in [6.07, 6.45) is 3.27. The minimum atomic E-state index is -0.718. The Bertz CT molecular complexity index is 1700. The van der Waals surface area contributed by atoms with Crippen LogP contribution in [0.15, 0.2) is 90.6 Å². The van der Waals surface area contributed by atoms with Gasteiger partial charge in [0.15, 0.2) is 11.6 Å². The number of ketones is 2. The van der Waals surface area contributed by atoms with Crippen LogP contribution in [0.25, 0.3) is 5.69 Å². The summed E-state index contributed by atoms with van der Waals surface area (Å²) in [5.74, 6) is -1.23. The number of allylic oxidation sites excluding steroid dienone is 6. The molecule has 2 aromatic carbocycles. The highest BCUT2D eigenvalue weighted by atomic mass is 127. The summed E-state index contributed by atoms with van der Waals surface area (Å²) in [7, 11) is 0. The monoisotopic (exact) mass is 593 g/mol. The highest BCUT2D eigenvalue weighted by molar-refractivity contribution is 14.1. The van der Waals surface area contributed by atoms with Gasteiger partial charge in [0.1, 0.15) is 5.75 Å². The molecule has 1 aliphatic heterocycles. The van der Waals surface area contributed by atoms with Gasteiger partial charge in [-0.3, -0.25) is 9.59 Å². The molecule has 2 atom stereocenters. The number of halogens is 1. The lowest BCUT2D eigenvalue weighted by molar-refractivity contribution is -0.115. The second-order valence-electron chi connectivity index (χ2n) is 9.11. The zero-order chi connectivity index (χ0) is 25.3. The Morgan fingerprint density at radius 1 is 0.972 bits per heavy atom. The van der Waals surface area contributed by atoms with Crippen LogP contribution in [0.4, 0.5) is 0 Å². The molecule has 3 aromatic rings. The van der Waals surface area contributed by atoms with E-state index in [1.54, 1.807) is 55.5 Å². The molecule has 2 aliphatic carbocycles. The molecule has 0 amide bonds. The van der Waals surface area contributed by atoms with Crippen molar-refractivity contribution in [2.45, 2.75) is 31.8 Å². The van der Waals surface area contributed by atoms with Gasteiger partial charge < -0.3 is 5.11 Å². The van der Waals surface area contributed by atoms with E-state index < -0.39 is 23.3 Å². The zero-order valence-electron chi connectivity index (χ0n) is 19.1. The standard InChI is InChI=1S/C27H20IN3O5/c1-14-6-5-9-17(24(14)33)22-16-10-11-29-26(35)30(15-7-3-2-4-8-15)27(36)31(29)20(16)12-18-21(32)13-19(28)25(34)23(18)22/h2-10,13,20,22,33H,11-12H2,1H3. The number of aromatic nitrogens is 3. The molecule has 1 aromatic heterocycles. The Labute approximate surface area is 218 Å². The quantitative estimate of drug-likeness (QED) is 0.279. The molecule has 36 heavy (non-hydrogen) atoms. The van der Waals surface area contributed by atoms with E-state index in [0.29, 0.717) is 37.1 Å². The van der Waals surface area contributed by atoms with Gasteiger partial charge in [-0.1, -0.05) is 42.5 Å². The van der Waals surface area contributed by atoms with E-state index >= 15 is 0 Å². The lowest BCUT2D eigenvalue weighted by Crippen LogP contribution is -2.40. The number of carbonyl (C=O) groups excluding carboxylic acids is 2. The van der Waals surface area contributed by atoms with Crippen LogP contribution in [0.1, 0.15) is 29.5 Å². The molecular weight excluding hydrogens is 573 g/mol. The van der Waals surface area contributed by atoms with Crippen molar-refractivity contribution in [2.75, 3.05) is 0 Å². The van der Waals surface area contributed by atoms with Gasteiger partial charge in [-0.25, -0.2) is 23.5 Å². The Morgan fingerprint density at radius 3 is 2.47 bits per heavy atom. The summed E-state index contributed by atoms with van der Waals surface area (Å²) in [4.78, 5) is 53.5. The molecule has 0 radical (unpaired) electrons. The van der Waals surface area contributed by atoms with Gasteiger partial charge in [0.25, 0.3) is 0 Å². The summed E-state index contributed by atoms with van der Waals surface area (Å²) in [6, 6.07) is 13.3. The van der Waals surface area contributed by atoms with Crippen molar-refractivity contribution in [3.8, 4) is 11.4 Å². The number of aromatic hydroxyl groups is 1. The van der Waals surface area contributed by atoms with E-state index in [0.717, 1.165) is 4.57 Å². The van der Waals surface area contributed by atoms with Crippen molar-refractivity contribution in [1.82, 2.24) is 13.9 Å². The SMILES string of the molecule is Cc1cccc(C2C3=CCn4c(=O)n(-c5ccccc5)c(=O)n4C3CC3=C2C(=O)C(I)=CC3=O)c1O. The fourth-order valence-electron chi connectivity index (χ4n) is 5.54. The highest BCUT2D eigenvalue weighted by Crippen LogP contribution is 2.52. The molecule has 6 rings (SSSR count). The average Bonchev–Trinajstić information content (AvgIpc) is 3.13. The van der Waals surface area contributed by atoms with Crippen LogP contribution in [0.2, 0.25) is 0 Å². The van der Waals surface area contributed by atoms with E-state index in [4.69, 9.17) is 0 Å². The number of hydrogen-bond donors (Lipinski definition) is 1. The number of carbonyl (C=O) groups is 2. The number of phenols is 1. The molecular formula is C27H20IN3O5. The maximum absolute atomic E-state index is 13.7. The summed E-state index contributed by atoms with van der Waals surface area (Å²) in [5.41, 5.74) is 1.96. The number of aryl methyl sites for hydroxylation is 1. The summed E-state index contributed by atoms with van der Waals surface area (Å²) >= 11 is 1.87. The third-order valence-electron chi connectivity index (χ3n) is 7.20. The van der Waals surface area contributed by atoms with Crippen LogP contribution in [0.5, 0.6) is 5.75 Å². The molecule has 2 heterocycles. The van der Waals surface area contributed by atoms with Gasteiger partial charge in [-0.05, 0) is 52.8 Å². The molecule has 180 valence electrons. The first-order chi connectivity index (χ1) is 17.3. The normalized spacial score (nSPS) is 20.9. The van der Waals surface area contributed by atoms with Crippen LogP contribution >= 0.6 is 22.6 Å². The third-order valence-corrected chi connectivity index (χ3v) is 8.00. The fourth-order valence-corrected chi connectivity index (χ4v) is 6.11. The fraction of sp³-hybridized carbons (Fsp3) is 0.185. The van der Waals surface area contributed by atoms with E-state index in [2.05, 4.69) is 0 Å². The predicted molar refractivity (Wildman–Crippen MR) is 141 cm³/mol. The van der Waals surface area contributed by atoms with E-state index in [9.17, 15) is 24.3 Å². The van der Waals surface area contributed by atoms with Crippen LogP contribution in [-0.2, 0) is 16.1 Å². The van der Waals surface area contributed by atoms with Gasteiger partial charge in [-0.2, -0.15) is 0 Å². The minimum Gasteiger partial charge on any atom is -0.507 e. The van der Waals surface area contributed by atoms with E-state index in [-0.39, 0.29) is 30.3 Å². The zero-order valence-corrected chi connectivity index (χ0v) is 21.3. The Kier molecular flexibility index (Phi) is 5.15. The van der Waals surface area contributed by atoms with Crippen LogP contribution in [0.3, 0.4) is 0 Å². The highest BCUT2D eigenvalue weighted by Gasteiger charge is 2.45. The molecule has 0 bridgehead atoms. The number of rotatable bonds is 2. The van der Waals surface area contributed by atoms with Crippen LogP contribution in [0, 0.1) is 6.92 Å². The van der Waals surface area contributed by atoms with Gasteiger partial charge in [-0.15, -0.1) is 0 Å². The number of phenolic OH excluding ortho intramolecular Hbond substituents is 1. The minimum absolute atomic E-state index is 0.0397. The number of nitrogens with zero attached hydrogens (tertiary/aromatic N) is 3. The molecule has 2 unspecified atom stereocenters. The maximum Gasteiger partial charge on any atom is 0.352 e. The van der Waals surface area contributed by atoms with Crippen molar-refractivity contribution < 1.29 is 14.7 Å². The molecule has 8 nitrogen and oxygen atoms in total. The second kappa shape index (κ2) is 8.16. The predicted octanol–water partition coefficient (Wildman–Crippen LogP) is 3.25. The lowest BCUT2D eigenvalue weighted by atomic mass is 9.68. The number of hydrogen-bond acceptors (Lipinski definition) is 5. The summed E-state index contributed by atoms with van der Waals surface area (Å²) in [5, 5.41) is 11.0. The number of para-hydroxylation sites is 2. The van der Waals surface area contributed by atoms with Crippen molar-refractivity contribution in [3.05, 3.63) is 113 Å². The topological polar surface area (TPSA) is 103 Å². The van der Waals surface area contributed by atoms with Crippen LogP contribution < -0.4 is 11.4 Å². The van der Waals surface area contributed by atoms with E-state index in [1.165, 1.54) is 15.4 Å². The van der Waals surface area contributed by atoms with Crippen molar-refractivity contribution in [3.63, 3.8) is 0 Å². The Morgan fingerprint density at radius 2 is 1.72 bits per heavy atom. The number of Topliss-reactive ketones (excluding diaryl/α,β-unsaturated/α-hetero) is 1. The van der Waals surface area contributed by atoms with Gasteiger partial charge in [0.2, 0.25) is 0 Å². The molecule has 0 saturated carbocycles. The third kappa shape index (κ3) is 3.11. The molecule has 0 spiro atoms. The van der Waals surface area contributed by atoms with Crippen molar-refractivity contribution >= 4 is 34.2 Å². The number of benzene rings is 2. The summed E-state index contributed by atoms with van der Waals surface area (Å²) in [6.45, 7) is 1.89. The molecule has 9 heteroatoms. The molecule has 0 fully saturated rings. The molecule has 1 N–H and O–H groups in total. The molecule has 0 saturated heterocycles. The summed E-state index contributed by atoms with van der Waals surface area (Å²) < 4.78 is 4.20. The van der Waals surface area contributed by atoms with Crippen LogP contribution in [-0.4, -0.2) is 30.6 Å². The first-order valence-electron chi connectivity index (χ1n) is 11.5. The molecule has 3 aliphatic rings. The Hall–Kier alpha value is -3.73. The number of fused-ring (bicyclic) bond motifs is 3. The lowest BCUT2D eigenvalue weighted by Gasteiger charge is -2.39. The smallest absolute Gasteiger partial charge is 0.352 e. The maximum atomic E-state index is 13.7. The van der Waals surface area contributed by atoms with Crippen molar-refractivity contribution in [2.24, 2.45) is 0 Å².